The molecule has 0 radical (unpaired) electrons. The van der Waals surface area contributed by atoms with Gasteiger partial charge in [-0.3, -0.25) is 14.4 Å². The van der Waals surface area contributed by atoms with Crippen molar-refractivity contribution in [2.45, 2.75) is 62.7 Å². The van der Waals surface area contributed by atoms with E-state index in [9.17, 15) is 22.8 Å². The van der Waals surface area contributed by atoms with Crippen LogP contribution in [0.1, 0.15) is 44.1 Å². The second-order valence-corrected chi connectivity index (χ2v) is 15.3. The van der Waals surface area contributed by atoms with E-state index in [0.717, 1.165) is 10.9 Å². The Morgan fingerprint density at radius 2 is 1.70 bits per heavy atom. The van der Waals surface area contributed by atoms with Crippen LogP contribution in [0.15, 0.2) is 53.4 Å². The van der Waals surface area contributed by atoms with Crippen LogP contribution in [0, 0.1) is 5.41 Å². The van der Waals surface area contributed by atoms with Crippen LogP contribution in [0.5, 0.6) is 0 Å². The largest absolute Gasteiger partial charge is 0.351 e. The molecule has 4 heterocycles. The van der Waals surface area contributed by atoms with E-state index in [4.69, 9.17) is 23.2 Å². The molecular weight excluding hydrogens is 613 g/mol. The Kier molecular flexibility index (Phi) is 7.52. The molecular formula is C30H33Cl2N5O5S. The molecule has 2 bridgehead atoms. The van der Waals surface area contributed by atoms with Gasteiger partial charge >= 0.3 is 0 Å². The normalized spacial score (nSPS) is 23.0. The van der Waals surface area contributed by atoms with Crippen molar-refractivity contribution in [3.63, 3.8) is 0 Å². The predicted octanol–water partition coefficient (Wildman–Crippen LogP) is 3.89. The molecule has 3 aromatic rings. The summed E-state index contributed by atoms with van der Waals surface area (Å²) in [5.41, 5.74) is 0.641. The van der Waals surface area contributed by atoms with E-state index in [0.29, 0.717) is 31.6 Å². The number of amides is 3. The van der Waals surface area contributed by atoms with Crippen LogP contribution < -0.4 is 5.32 Å². The lowest BCUT2D eigenvalue weighted by Crippen LogP contribution is -2.63. The van der Waals surface area contributed by atoms with Gasteiger partial charge in [0.1, 0.15) is 22.7 Å². The SMILES string of the molecule is CC(C)(C)[C@H](NC(=O)c1cc2ccccc2[nH]1)C(=O)N1C[C@@H]2C[C@H]1CN2C(=O)[C@@H]1CCN1S(=O)(=O)c1cc(Cl)ccc1Cl. The lowest BCUT2D eigenvalue weighted by Gasteiger charge is -2.44. The zero-order valence-electron chi connectivity index (χ0n) is 24.0. The van der Waals surface area contributed by atoms with Gasteiger partial charge in [0.25, 0.3) is 5.91 Å². The van der Waals surface area contributed by atoms with Crippen LogP contribution >= 0.6 is 23.2 Å². The summed E-state index contributed by atoms with van der Waals surface area (Å²) in [4.78, 5) is 47.2. The second kappa shape index (κ2) is 10.8. The van der Waals surface area contributed by atoms with Crippen molar-refractivity contribution >= 4 is 61.8 Å². The van der Waals surface area contributed by atoms with Crippen molar-refractivity contribution in [1.29, 1.82) is 0 Å². The molecule has 4 atom stereocenters. The molecule has 0 unspecified atom stereocenters. The molecule has 0 saturated carbocycles. The van der Waals surface area contributed by atoms with Gasteiger partial charge in [0.05, 0.1) is 17.1 Å². The smallest absolute Gasteiger partial charge is 0.268 e. The number of aromatic amines is 1. The molecule has 2 N–H and O–H groups in total. The van der Waals surface area contributed by atoms with E-state index < -0.39 is 27.5 Å². The molecule has 3 saturated heterocycles. The van der Waals surface area contributed by atoms with E-state index in [-0.39, 0.29) is 51.3 Å². The summed E-state index contributed by atoms with van der Waals surface area (Å²) < 4.78 is 27.9. The highest BCUT2D eigenvalue weighted by molar-refractivity contribution is 7.89. The maximum absolute atomic E-state index is 13.9. The number of piperazine rings is 1. The highest BCUT2D eigenvalue weighted by Gasteiger charge is 2.53. The van der Waals surface area contributed by atoms with Crippen LogP contribution in [0.25, 0.3) is 10.9 Å². The second-order valence-electron chi connectivity index (χ2n) is 12.6. The molecule has 3 fully saturated rings. The predicted molar refractivity (Wildman–Crippen MR) is 163 cm³/mol. The molecule has 13 heteroatoms. The number of carbonyl (C=O) groups excluding carboxylic acids is 3. The number of benzene rings is 2. The Morgan fingerprint density at radius 3 is 2.33 bits per heavy atom. The number of carbonyl (C=O) groups is 3. The first-order chi connectivity index (χ1) is 20.3. The standard InChI is InChI=1S/C30H33Cl2N5O5S/c1-30(2,3)26(34-27(38)23-12-17-6-4-5-7-22(17)33-23)29(40)36-16-19-14-20(36)15-35(19)28(39)24-10-11-37(24)43(41,42)25-13-18(31)8-9-21(25)32/h4-9,12-13,19-20,24,26,33H,10-11,14-16H2,1-3H3,(H,34,38)/t19-,20-,24-,26+/m0/s1. The van der Waals surface area contributed by atoms with E-state index in [1.807, 2.05) is 45.0 Å². The zero-order valence-corrected chi connectivity index (χ0v) is 26.3. The summed E-state index contributed by atoms with van der Waals surface area (Å²) in [5, 5.41) is 4.13. The zero-order chi connectivity index (χ0) is 30.8. The summed E-state index contributed by atoms with van der Waals surface area (Å²) >= 11 is 12.2. The Hall–Kier alpha value is -3.12. The van der Waals surface area contributed by atoms with E-state index in [2.05, 4.69) is 10.3 Å². The van der Waals surface area contributed by atoms with Crippen molar-refractivity contribution in [3.05, 3.63) is 64.3 Å². The van der Waals surface area contributed by atoms with Crippen molar-refractivity contribution in [1.82, 2.24) is 24.4 Å². The van der Waals surface area contributed by atoms with E-state index in [1.165, 1.54) is 22.5 Å². The van der Waals surface area contributed by atoms with Gasteiger partial charge in [-0.25, -0.2) is 8.42 Å². The van der Waals surface area contributed by atoms with Gasteiger partial charge in [-0.15, -0.1) is 0 Å². The van der Waals surface area contributed by atoms with Crippen LogP contribution in [0.3, 0.4) is 0 Å². The minimum atomic E-state index is -4.03. The Morgan fingerprint density at radius 1 is 1.00 bits per heavy atom. The lowest BCUT2D eigenvalue weighted by molar-refractivity contribution is -0.146. The topological polar surface area (TPSA) is 123 Å². The summed E-state index contributed by atoms with van der Waals surface area (Å²) in [6.45, 7) is 6.56. The number of fused-ring (bicyclic) bond motifs is 3. The maximum Gasteiger partial charge on any atom is 0.268 e. The molecule has 3 amide bonds. The number of nitrogens with zero attached hydrogens (tertiary/aromatic N) is 3. The van der Waals surface area contributed by atoms with Crippen molar-refractivity contribution in [2.75, 3.05) is 19.6 Å². The van der Waals surface area contributed by atoms with Crippen LogP contribution in [-0.2, 0) is 19.6 Å². The fraction of sp³-hybridized carbons (Fsp3) is 0.433. The van der Waals surface area contributed by atoms with Gasteiger partial charge in [0, 0.05) is 35.6 Å². The van der Waals surface area contributed by atoms with E-state index in [1.54, 1.807) is 15.9 Å². The molecule has 6 rings (SSSR count). The van der Waals surface area contributed by atoms with Gasteiger partial charge in [-0.1, -0.05) is 62.2 Å². The number of hydrogen-bond acceptors (Lipinski definition) is 5. The average molecular weight is 647 g/mol. The third-order valence-corrected chi connectivity index (χ3v) is 11.3. The van der Waals surface area contributed by atoms with Crippen molar-refractivity contribution < 1.29 is 22.8 Å². The number of rotatable bonds is 6. The third-order valence-electron chi connectivity index (χ3n) is 8.71. The molecule has 43 heavy (non-hydrogen) atoms. The Balaban J connectivity index is 1.13. The number of aromatic nitrogens is 1. The van der Waals surface area contributed by atoms with Crippen molar-refractivity contribution in [2.24, 2.45) is 5.41 Å². The van der Waals surface area contributed by atoms with Gasteiger partial charge in [0.2, 0.25) is 21.8 Å². The first-order valence-corrected chi connectivity index (χ1v) is 16.4. The molecule has 228 valence electrons. The van der Waals surface area contributed by atoms with Gasteiger partial charge in [-0.05, 0) is 48.6 Å². The van der Waals surface area contributed by atoms with Crippen LogP contribution in [0.4, 0.5) is 0 Å². The monoisotopic (exact) mass is 645 g/mol. The Bertz CT molecular complexity index is 1700. The maximum atomic E-state index is 13.9. The number of H-pyrrole nitrogens is 1. The highest BCUT2D eigenvalue weighted by Crippen LogP contribution is 2.38. The molecule has 3 aliphatic heterocycles. The molecule has 0 aliphatic carbocycles. The third kappa shape index (κ3) is 5.30. The van der Waals surface area contributed by atoms with Gasteiger partial charge in [-0.2, -0.15) is 4.31 Å². The molecule has 10 nitrogen and oxygen atoms in total. The number of likely N-dealkylation sites (tertiary alicyclic amines) is 2. The quantitative estimate of drug-likeness (QED) is 0.421. The molecule has 2 aromatic carbocycles. The molecule has 0 spiro atoms. The van der Waals surface area contributed by atoms with Crippen molar-refractivity contribution in [3.8, 4) is 0 Å². The number of hydrogen-bond donors (Lipinski definition) is 2. The summed E-state index contributed by atoms with van der Waals surface area (Å²) in [6.07, 6.45) is 1.00. The Labute approximate surface area is 260 Å². The summed E-state index contributed by atoms with van der Waals surface area (Å²) in [6, 6.07) is 11.5. The summed E-state index contributed by atoms with van der Waals surface area (Å²) in [5.74, 6) is -0.830. The number of halogens is 2. The fourth-order valence-corrected chi connectivity index (χ4v) is 8.68. The first kappa shape index (κ1) is 29.9. The van der Waals surface area contributed by atoms with Crippen LogP contribution in [-0.4, -0.2) is 89.0 Å². The van der Waals surface area contributed by atoms with Gasteiger partial charge in [0.15, 0.2) is 0 Å². The minimum Gasteiger partial charge on any atom is -0.351 e. The first-order valence-electron chi connectivity index (χ1n) is 14.2. The minimum absolute atomic E-state index is 0.0434. The fourth-order valence-electron chi connectivity index (χ4n) is 6.32. The number of sulfonamides is 1. The average Bonchev–Trinajstić information content (AvgIpc) is 3.65. The highest BCUT2D eigenvalue weighted by atomic mass is 35.5. The summed E-state index contributed by atoms with van der Waals surface area (Å²) in [7, 11) is -4.03. The van der Waals surface area contributed by atoms with Crippen LogP contribution in [0.2, 0.25) is 10.0 Å². The number of nitrogens with one attached hydrogen (secondary N) is 2. The van der Waals surface area contributed by atoms with Gasteiger partial charge < -0.3 is 20.1 Å². The molecule has 3 aliphatic rings. The van der Waals surface area contributed by atoms with E-state index >= 15 is 0 Å². The molecule has 1 aromatic heterocycles. The number of para-hydroxylation sites is 1. The lowest BCUT2D eigenvalue weighted by atomic mass is 9.85.